The van der Waals surface area contributed by atoms with E-state index in [1.165, 1.54) is 11.1 Å². The van der Waals surface area contributed by atoms with E-state index in [9.17, 15) is 5.11 Å². The first-order valence-corrected chi connectivity index (χ1v) is 7.98. The van der Waals surface area contributed by atoms with Crippen molar-refractivity contribution in [2.75, 3.05) is 6.54 Å². The summed E-state index contributed by atoms with van der Waals surface area (Å²) in [5.74, 6) is 0.987. The van der Waals surface area contributed by atoms with Crippen molar-refractivity contribution in [3.63, 3.8) is 0 Å². The molecule has 5 nitrogen and oxygen atoms in total. The largest absolute Gasteiger partial charge is 0.487 e. The van der Waals surface area contributed by atoms with Crippen LogP contribution in [0, 0.1) is 0 Å². The van der Waals surface area contributed by atoms with Gasteiger partial charge in [0, 0.05) is 38.3 Å². The van der Waals surface area contributed by atoms with Gasteiger partial charge < -0.3 is 15.2 Å². The highest BCUT2D eigenvalue weighted by atomic mass is 16.5. The standard InChI is InChI=1S/C18H25N3O2/c1-17(2)8-14-7-13(5-6-16(14)23-17)9-19-12-18(3,22)15-10-20-21(4)11-15/h5-7,10-11,19,22H,8-9,12H2,1-4H3. The van der Waals surface area contributed by atoms with Crippen molar-refractivity contribution < 1.29 is 9.84 Å². The summed E-state index contributed by atoms with van der Waals surface area (Å²) < 4.78 is 7.60. The lowest BCUT2D eigenvalue weighted by Gasteiger charge is -2.22. The molecule has 0 spiro atoms. The van der Waals surface area contributed by atoms with Gasteiger partial charge in [0.25, 0.3) is 0 Å². The first-order chi connectivity index (χ1) is 10.8. The van der Waals surface area contributed by atoms with Crippen molar-refractivity contribution in [2.24, 2.45) is 7.05 Å². The van der Waals surface area contributed by atoms with Crippen LogP contribution in [0.2, 0.25) is 0 Å². The molecule has 1 atom stereocenters. The fourth-order valence-electron chi connectivity index (χ4n) is 3.02. The van der Waals surface area contributed by atoms with Gasteiger partial charge in [-0.25, -0.2) is 0 Å². The van der Waals surface area contributed by atoms with Gasteiger partial charge in [-0.05, 0) is 38.0 Å². The maximum Gasteiger partial charge on any atom is 0.123 e. The number of aliphatic hydroxyl groups is 1. The van der Waals surface area contributed by atoms with Gasteiger partial charge in [0.1, 0.15) is 17.0 Å². The van der Waals surface area contributed by atoms with Gasteiger partial charge in [-0.15, -0.1) is 0 Å². The molecule has 0 amide bonds. The van der Waals surface area contributed by atoms with E-state index in [0.29, 0.717) is 13.1 Å². The second-order valence-corrected chi connectivity index (χ2v) is 7.26. The Bertz CT molecular complexity index is 704. The summed E-state index contributed by atoms with van der Waals surface area (Å²) >= 11 is 0. The van der Waals surface area contributed by atoms with Crippen LogP contribution in [0.5, 0.6) is 5.75 Å². The van der Waals surface area contributed by atoms with E-state index >= 15 is 0 Å². The molecule has 0 aliphatic carbocycles. The van der Waals surface area contributed by atoms with Crippen molar-refractivity contribution in [3.05, 3.63) is 47.3 Å². The summed E-state index contributed by atoms with van der Waals surface area (Å²) in [5.41, 5.74) is 2.23. The third-order valence-electron chi connectivity index (χ3n) is 4.25. The molecule has 1 aromatic carbocycles. The average Bonchev–Trinajstić information content (AvgIpc) is 3.00. The summed E-state index contributed by atoms with van der Waals surface area (Å²) in [6.07, 6.45) is 4.48. The van der Waals surface area contributed by atoms with E-state index < -0.39 is 5.60 Å². The van der Waals surface area contributed by atoms with Crippen molar-refractivity contribution in [1.82, 2.24) is 15.1 Å². The molecule has 1 unspecified atom stereocenters. The Kier molecular flexibility index (Phi) is 3.94. The van der Waals surface area contributed by atoms with E-state index in [2.05, 4.69) is 36.4 Å². The van der Waals surface area contributed by atoms with Crippen LogP contribution >= 0.6 is 0 Å². The molecule has 2 N–H and O–H groups in total. The number of nitrogens with zero attached hydrogens (tertiary/aromatic N) is 2. The van der Waals surface area contributed by atoms with Crippen LogP contribution in [-0.4, -0.2) is 27.0 Å². The minimum absolute atomic E-state index is 0.113. The Balaban J connectivity index is 1.59. The number of rotatable bonds is 5. The van der Waals surface area contributed by atoms with Crippen molar-refractivity contribution >= 4 is 0 Å². The molecule has 0 saturated carbocycles. The average molecular weight is 315 g/mol. The number of hydrogen-bond acceptors (Lipinski definition) is 4. The van der Waals surface area contributed by atoms with Gasteiger partial charge in [0.05, 0.1) is 6.20 Å². The molecule has 5 heteroatoms. The van der Waals surface area contributed by atoms with Gasteiger partial charge >= 0.3 is 0 Å². The summed E-state index contributed by atoms with van der Waals surface area (Å²) in [6, 6.07) is 6.31. The summed E-state index contributed by atoms with van der Waals surface area (Å²) in [4.78, 5) is 0. The molecular weight excluding hydrogens is 290 g/mol. The lowest BCUT2D eigenvalue weighted by molar-refractivity contribution is 0.0566. The van der Waals surface area contributed by atoms with Crippen molar-refractivity contribution in [2.45, 2.75) is 44.9 Å². The molecule has 3 rings (SSSR count). The number of nitrogens with one attached hydrogen (secondary N) is 1. The molecule has 23 heavy (non-hydrogen) atoms. The lowest BCUT2D eigenvalue weighted by Crippen LogP contribution is -2.34. The zero-order valence-electron chi connectivity index (χ0n) is 14.3. The summed E-state index contributed by atoms with van der Waals surface area (Å²) in [7, 11) is 1.85. The molecule has 2 aromatic rings. The Morgan fingerprint density at radius 2 is 2.22 bits per heavy atom. The van der Waals surface area contributed by atoms with E-state index in [-0.39, 0.29) is 5.60 Å². The minimum Gasteiger partial charge on any atom is -0.487 e. The highest BCUT2D eigenvalue weighted by molar-refractivity contribution is 5.41. The van der Waals surface area contributed by atoms with E-state index in [1.807, 2.05) is 19.3 Å². The number of benzene rings is 1. The highest BCUT2D eigenvalue weighted by Crippen LogP contribution is 2.35. The van der Waals surface area contributed by atoms with Crippen molar-refractivity contribution in [3.8, 4) is 5.75 Å². The molecule has 2 heterocycles. The lowest BCUT2D eigenvalue weighted by atomic mass is 9.99. The minimum atomic E-state index is -0.934. The van der Waals surface area contributed by atoms with Crippen LogP contribution in [0.15, 0.2) is 30.6 Å². The molecule has 0 fully saturated rings. The number of hydrogen-bond donors (Lipinski definition) is 2. The van der Waals surface area contributed by atoms with Crippen LogP contribution in [0.1, 0.15) is 37.5 Å². The number of aromatic nitrogens is 2. The van der Waals surface area contributed by atoms with E-state index in [0.717, 1.165) is 17.7 Å². The van der Waals surface area contributed by atoms with E-state index in [1.54, 1.807) is 17.8 Å². The predicted molar refractivity (Wildman–Crippen MR) is 89.3 cm³/mol. The van der Waals surface area contributed by atoms with Crippen LogP contribution in [0.4, 0.5) is 0 Å². The second-order valence-electron chi connectivity index (χ2n) is 7.26. The number of fused-ring (bicyclic) bond motifs is 1. The molecule has 0 saturated heterocycles. The van der Waals surface area contributed by atoms with E-state index in [4.69, 9.17) is 4.74 Å². The maximum absolute atomic E-state index is 10.6. The zero-order chi connectivity index (χ0) is 16.7. The molecule has 1 aromatic heterocycles. The van der Waals surface area contributed by atoms with Crippen LogP contribution < -0.4 is 10.1 Å². The van der Waals surface area contributed by atoms with Crippen LogP contribution in [0.25, 0.3) is 0 Å². The van der Waals surface area contributed by atoms with Gasteiger partial charge in [0.2, 0.25) is 0 Å². The topological polar surface area (TPSA) is 59.3 Å². The quantitative estimate of drug-likeness (QED) is 0.887. The Labute approximate surface area is 137 Å². The normalized spacial score (nSPS) is 18.3. The molecular formula is C18H25N3O2. The Hall–Kier alpha value is -1.85. The summed E-state index contributed by atoms with van der Waals surface area (Å²) in [5, 5.41) is 18.0. The van der Waals surface area contributed by atoms with Gasteiger partial charge in [-0.3, -0.25) is 4.68 Å². The first-order valence-electron chi connectivity index (χ1n) is 7.98. The third-order valence-corrected chi connectivity index (χ3v) is 4.25. The van der Waals surface area contributed by atoms with Gasteiger partial charge in [0.15, 0.2) is 0 Å². The van der Waals surface area contributed by atoms with Crippen LogP contribution in [-0.2, 0) is 25.6 Å². The smallest absolute Gasteiger partial charge is 0.123 e. The predicted octanol–water partition coefficient (Wildman–Crippen LogP) is 2.13. The number of aryl methyl sites for hydroxylation is 1. The molecule has 1 aliphatic rings. The third kappa shape index (κ3) is 3.57. The summed E-state index contributed by atoms with van der Waals surface area (Å²) in [6.45, 7) is 7.20. The molecule has 0 radical (unpaired) electrons. The molecule has 0 bridgehead atoms. The van der Waals surface area contributed by atoms with Gasteiger partial charge in [-0.1, -0.05) is 12.1 Å². The molecule has 124 valence electrons. The SMILES string of the molecule is Cn1cc(C(C)(O)CNCc2ccc3c(c2)CC(C)(C)O3)cn1. The van der Waals surface area contributed by atoms with Gasteiger partial charge in [-0.2, -0.15) is 5.10 Å². The maximum atomic E-state index is 10.6. The highest BCUT2D eigenvalue weighted by Gasteiger charge is 2.30. The fourth-order valence-corrected chi connectivity index (χ4v) is 3.02. The number of ether oxygens (including phenoxy) is 1. The van der Waals surface area contributed by atoms with Crippen LogP contribution in [0.3, 0.4) is 0 Å². The Morgan fingerprint density at radius 1 is 1.43 bits per heavy atom. The Morgan fingerprint density at radius 3 is 2.91 bits per heavy atom. The zero-order valence-corrected chi connectivity index (χ0v) is 14.3. The monoisotopic (exact) mass is 315 g/mol. The molecule has 1 aliphatic heterocycles. The fraction of sp³-hybridized carbons (Fsp3) is 0.500. The second kappa shape index (κ2) is 5.65. The first kappa shape index (κ1) is 16.0. The van der Waals surface area contributed by atoms with Crippen molar-refractivity contribution in [1.29, 1.82) is 0 Å².